The molecule has 0 aromatic heterocycles. The first kappa shape index (κ1) is 14.6. The van der Waals surface area contributed by atoms with Gasteiger partial charge in [-0.25, -0.2) is 4.39 Å². The summed E-state index contributed by atoms with van der Waals surface area (Å²) in [6.07, 6.45) is -2.52. The summed E-state index contributed by atoms with van der Waals surface area (Å²) in [5.74, 6) is -0.565. The number of aliphatic hydroxyl groups is 2. The van der Waals surface area contributed by atoms with Crippen molar-refractivity contribution in [3.8, 4) is 0 Å². The number of rotatable bonds is 4. The van der Waals surface area contributed by atoms with E-state index < -0.39 is 18.0 Å². The fraction of sp³-hybridized carbons (Fsp3) is 0.364. The van der Waals surface area contributed by atoms with Crippen molar-refractivity contribution in [2.75, 3.05) is 5.75 Å². The molecule has 0 radical (unpaired) electrons. The Morgan fingerprint density at radius 1 is 1.53 bits per heavy atom. The molecule has 0 aliphatic rings. The molecule has 1 aromatic carbocycles. The predicted molar refractivity (Wildman–Crippen MR) is 68.2 cm³/mol. The van der Waals surface area contributed by atoms with E-state index in [1.165, 1.54) is 19.1 Å². The Morgan fingerprint density at radius 2 is 2.18 bits per heavy atom. The van der Waals surface area contributed by atoms with E-state index in [0.717, 1.165) is 11.8 Å². The molecular formula is C11H12BrFO3S. The number of carbonyl (C=O) groups excluding carboxylic acids is 1. The van der Waals surface area contributed by atoms with Gasteiger partial charge in [-0.05, 0) is 12.1 Å². The van der Waals surface area contributed by atoms with Gasteiger partial charge >= 0.3 is 0 Å². The SMILES string of the molecule is CC(=O)SCC(O)C(O)c1ccc(Br)cc1F. The Kier molecular flexibility index (Phi) is 5.58. The van der Waals surface area contributed by atoms with E-state index in [4.69, 9.17) is 0 Å². The molecule has 0 saturated heterocycles. The van der Waals surface area contributed by atoms with Gasteiger partial charge in [0, 0.05) is 22.7 Å². The normalized spacial score (nSPS) is 14.4. The van der Waals surface area contributed by atoms with Crippen LogP contribution in [0, 0.1) is 5.82 Å². The van der Waals surface area contributed by atoms with Crippen molar-refractivity contribution in [2.45, 2.75) is 19.1 Å². The van der Waals surface area contributed by atoms with Gasteiger partial charge in [-0.3, -0.25) is 4.79 Å². The highest BCUT2D eigenvalue weighted by molar-refractivity contribution is 9.10. The second-order valence-electron chi connectivity index (χ2n) is 3.48. The average molecular weight is 323 g/mol. The van der Waals surface area contributed by atoms with Crippen LogP contribution in [-0.2, 0) is 4.79 Å². The number of carbonyl (C=O) groups is 1. The molecule has 2 N–H and O–H groups in total. The third-order valence-corrected chi connectivity index (χ3v) is 3.51. The van der Waals surface area contributed by atoms with Gasteiger partial charge in [-0.2, -0.15) is 0 Å². The van der Waals surface area contributed by atoms with E-state index in [0.29, 0.717) is 4.47 Å². The predicted octanol–water partition coefficient (Wildman–Crippen LogP) is 2.26. The molecule has 1 aromatic rings. The molecule has 1 rings (SSSR count). The van der Waals surface area contributed by atoms with Crippen LogP contribution >= 0.6 is 27.7 Å². The van der Waals surface area contributed by atoms with Crippen molar-refractivity contribution in [1.82, 2.24) is 0 Å². The molecule has 3 nitrogen and oxygen atoms in total. The average Bonchev–Trinajstić information content (AvgIpc) is 2.25. The minimum absolute atomic E-state index is 0.0184. The maximum atomic E-state index is 13.5. The van der Waals surface area contributed by atoms with Crippen LogP contribution < -0.4 is 0 Å². The van der Waals surface area contributed by atoms with Crippen LogP contribution in [0.5, 0.6) is 0 Å². The van der Waals surface area contributed by atoms with Crippen molar-refractivity contribution in [3.05, 3.63) is 34.1 Å². The highest BCUT2D eigenvalue weighted by Gasteiger charge is 2.22. The summed E-state index contributed by atoms with van der Waals surface area (Å²) < 4.78 is 14.0. The Labute approximate surface area is 111 Å². The molecule has 6 heteroatoms. The molecule has 0 fully saturated rings. The van der Waals surface area contributed by atoms with Crippen LogP contribution in [0.15, 0.2) is 22.7 Å². The second-order valence-corrected chi connectivity index (χ2v) is 5.59. The van der Waals surface area contributed by atoms with E-state index in [9.17, 15) is 19.4 Å². The number of benzene rings is 1. The third kappa shape index (κ3) is 4.39. The van der Waals surface area contributed by atoms with Crippen LogP contribution in [0.4, 0.5) is 4.39 Å². The van der Waals surface area contributed by atoms with Gasteiger partial charge in [0.25, 0.3) is 0 Å². The topological polar surface area (TPSA) is 57.5 Å². The first-order valence-corrected chi connectivity index (χ1v) is 6.64. The first-order valence-electron chi connectivity index (χ1n) is 4.86. The Hall–Kier alpha value is -0.430. The minimum Gasteiger partial charge on any atom is -0.389 e. The van der Waals surface area contributed by atoms with Crippen molar-refractivity contribution >= 4 is 32.8 Å². The van der Waals surface area contributed by atoms with Crippen LogP contribution in [0.25, 0.3) is 0 Å². The summed E-state index contributed by atoms with van der Waals surface area (Å²) in [6, 6.07) is 4.18. The molecule has 0 amide bonds. The number of thioether (sulfide) groups is 1. The molecule has 0 saturated carbocycles. The summed E-state index contributed by atoms with van der Waals surface area (Å²) in [5.41, 5.74) is 0.0184. The molecule has 2 unspecified atom stereocenters. The summed E-state index contributed by atoms with van der Waals surface area (Å²) in [5, 5.41) is 19.2. The zero-order valence-electron chi connectivity index (χ0n) is 9.06. The molecule has 2 atom stereocenters. The van der Waals surface area contributed by atoms with Gasteiger partial charge in [-0.15, -0.1) is 0 Å². The van der Waals surface area contributed by atoms with Crippen LogP contribution in [0.3, 0.4) is 0 Å². The van der Waals surface area contributed by atoms with Gasteiger partial charge in [0.15, 0.2) is 5.12 Å². The lowest BCUT2D eigenvalue weighted by Gasteiger charge is -2.17. The van der Waals surface area contributed by atoms with Crippen molar-refractivity contribution in [2.24, 2.45) is 0 Å². The van der Waals surface area contributed by atoms with E-state index in [2.05, 4.69) is 15.9 Å². The molecule has 17 heavy (non-hydrogen) atoms. The van der Waals surface area contributed by atoms with Crippen molar-refractivity contribution in [3.63, 3.8) is 0 Å². The fourth-order valence-electron chi connectivity index (χ4n) is 1.24. The molecule has 0 heterocycles. The largest absolute Gasteiger partial charge is 0.389 e. The zero-order chi connectivity index (χ0) is 13.0. The maximum absolute atomic E-state index is 13.5. The molecule has 0 aliphatic heterocycles. The number of aliphatic hydroxyl groups excluding tert-OH is 2. The zero-order valence-corrected chi connectivity index (χ0v) is 11.5. The molecule has 0 aliphatic carbocycles. The van der Waals surface area contributed by atoms with Crippen LogP contribution in [0.2, 0.25) is 0 Å². The Bertz CT molecular complexity index is 414. The van der Waals surface area contributed by atoms with E-state index in [1.807, 2.05) is 0 Å². The van der Waals surface area contributed by atoms with Gasteiger partial charge in [-0.1, -0.05) is 33.8 Å². The maximum Gasteiger partial charge on any atom is 0.185 e. The number of hydrogen-bond donors (Lipinski definition) is 2. The van der Waals surface area contributed by atoms with Crippen molar-refractivity contribution < 1.29 is 19.4 Å². The smallest absolute Gasteiger partial charge is 0.185 e. The monoisotopic (exact) mass is 322 g/mol. The second kappa shape index (κ2) is 6.49. The number of halogens is 2. The first-order chi connectivity index (χ1) is 7.91. The Balaban J connectivity index is 2.74. The summed E-state index contributed by atoms with van der Waals surface area (Å²) >= 11 is 3.99. The lowest BCUT2D eigenvalue weighted by atomic mass is 10.1. The van der Waals surface area contributed by atoms with E-state index in [1.54, 1.807) is 6.07 Å². The summed E-state index contributed by atoms with van der Waals surface area (Å²) in [4.78, 5) is 10.7. The lowest BCUT2D eigenvalue weighted by molar-refractivity contribution is -0.109. The van der Waals surface area contributed by atoms with Crippen LogP contribution in [0.1, 0.15) is 18.6 Å². The quantitative estimate of drug-likeness (QED) is 0.892. The standard InChI is InChI=1S/C11H12BrFO3S/c1-6(14)17-5-10(15)11(16)8-3-2-7(12)4-9(8)13/h2-4,10-11,15-16H,5H2,1H3. The Morgan fingerprint density at radius 3 is 2.71 bits per heavy atom. The fourth-order valence-corrected chi connectivity index (χ4v) is 2.16. The molecule has 0 bridgehead atoms. The van der Waals surface area contributed by atoms with E-state index >= 15 is 0 Å². The number of hydrogen-bond acceptors (Lipinski definition) is 4. The highest BCUT2D eigenvalue weighted by atomic mass is 79.9. The van der Waals surface area contributed by atoms with Gasteiger partial charge in [0.2, 0.25) is 0 Å². The van der Waals surface area contributed by atoms with Gasteiger partial charge in [0.05, 0.1) is 6.10 Å². The lowest BCUT2D eigenvalue weighted by Crippen LogP contribution is -2.22. The molecule has 0 spiro atoms. The minimum atomic E-state index is -1.34. The molecular weight excluding hydrogens is 311 g/mol. The molecule has 94 valence electrons. The van der Waals surface area contributed by atoms with Gasteiger partial charge < -0.3 is 10.2 Å². The third-order valence-electron chi connectivity index (χ3n) is 2.10. The van der Waals surface area contributed by atoms with E-state index in [-0.39, 0.29) is 16.4 Å². The highest BCUT2D eigenvalue weighted by Crippen LogP contribution is 2.25. The van der Waals surface area contributed by atoms with Crippen molar-refractivity contribution in [1.29, 1.82) is 0 Å². The van der Waals surface area contributed by atoms with Crippen LogP contribution in [-0.4, -0.2) is 27.2 Å². The van der Waals surface area contributed by atoms with Gasteiger partial charge in [0.1, 0.15) is 11.9 Å². The summed E-state index contributed by atoms with van der Waals surface area (Å²) in [6.45, 7) is 1.37. The summed E-state index contributed by atoms with van der Waals surface area (Å²) in [7, 11) is 0.